The number of aryl methyl sites for hydroxylation is 1. The van der Waals surface area contributed by atoms with Crippen LogP contribution in [0.4, 0.5) is 5.82 Å². The molecular formula is C18H19N5O. The van der Waals surface area contributed by atoms with Gasteiger partial charge in [-0.1, -0.05) is 18.2 Å². The van der Waals surface area contributed by atoms with Crippen molar-refractivity contribution < 1.29 is 4.79 Å². The van der Waals surface area contributed by atoms with Crippen molar-refractivity contribution >= 4 is 17.2 Å². The van der Waals surface area contributed by atoms with E-state index in [0.717, 1.165) is 35.7 Å². The number of hydrogen-bond acceptors (Lipinski definition) is 4. The minimum absolute atomic E-state index is 0.0987. The summed E-state index contributed by atoms with van der Waals surface area (Å²) in [6.45, 7) is 4.92. The molecule has 0 N–H and O–H groups in total. The number of nitrogens with zero attached hydrogens (tertiary/aromatic N) is 5. The van der Waals surface area contributed by atoms with Crippen molar-refractivity contribution in [1.82, 2.24) is 19.5 Å². The minimum atomic E-state index is 0.0987. The Labute approximate surface area is 140 Å². The molecule has 0 aliphatic carbocycles. The van der Waals surface area contributed by atoms with Gasteiger partial charge in [-0.05, 0) is 25.1 Å². The molecule has 1 aliphatic rings. The van der Waals surface area contributed by atoms with Gasteiger partial charge in [-0.15, -0.1) is 0 Å². The fraction of sp³-hybridized carbons (Fsp3) is 0.278. The molecule has 0 bridgehead atoms. The van der Waals surface area contributed by atoms with Crippen LogP contribution in [-0.2, 0) is 0 Å². The Morgan fingerprint density at radius 3 is 2.58 bits per heavy atom. The Hall–Kier alpha value is -2.89. The van der Waals surface area contributed by atoms with Crippen LogP contribution in [0.3, 0.4) is 0 Å². The van der Waals surface area contributed by atoms with Gasteiger partial charge in [0.15, 0.2) is 5.82 Å². The first-order valence-corrected chi connectivity index (χ1v) is 8.12. The lowest BCUT2D eigenvalue weighted by Gasteiger charge is -2.35. The number of benzene rings is 1. The molecule has 2 aromatic heterocycles. The molecule has 1 fully saturated rings. The van der Waals surface area contributed by atoms with Gasteiger partial charge in [0, 0.05) is 44.1 Å². The lowest BCUT2D eigenvalue weighted by molar-refractivity contribution is 0.0746. The predicted octanol–water partition coefficient (Wildman–Crippen LogP) is 2.00. The third-order valence-corrected chi connectivity index (χ3v) is 4.38. The molecule has 1 amide bonds. The number of anilines is 1. The number of carbonyl (C=O) groups excluding carboxylic acids is 1. The summed E-state index contributed by atoms with van der Waals surface area (Å²) in [4.78, 5) is 21.2. The fourth-order valence-electron chi connectivity index (χ4n) is 3.16. The van der Waals surface area contributed by atoms with Gasteiger partial charge in [0.25, 0.3) is 5.91 Å². The van der Waals surface area contributed by atoms with E-state index in [4.69, 9.17) is 0 Å². The van der Waals surface area contributed by atoms with Crippen molar-refractivity contribution in [2.45, 2.75) is 6.92 Å². The number of rotatable bonds is 2. The highest BCUT2D eigenvalue weighted by atomic mass is 16.2. The number of amides is 1. The third-order valence-electron chi connectivity index (χ3n) is 4.38. The molecule has 24 heavy (non-hydrogen) atoms. The summed E-state index contributed by atoms with van der Waals surface area (Å²) >= 11 is 0. The Morgan fingerprint density at radius 2 is 1.83 bits per heavy atom. The van der Waals surface area contributed by atoms with E-state index in [-0.39, 0.29) is 5.91 Å². The molecule has 0 radical (unpaired) electrons. The summed E-state index contributed by atoms with van der Waals surface area (Å²) in [5, 5.41) is 4.44. The van der Waals surface area contributed by atoms with Gasteiger partial charge >= 0.3 is 0 Å². The Balaban J connectivity index is 1.51. The zero-order valence-electron chi connectivity index (χ0n) is 13.6. The van der Waals surface area contributed by atoms with Gasteiger partial charge in [-0.25, -0.2) is 9.50 Å². The van der Waals surface area contributed by atoms with Crippen LogP contribution in [0.2, 0.25) is 0 Å². The zero-order chi connectivity index (χ0) is 16.5. The number of aromatic nitrogens is 3. The summed E-state index contributed by atoms with van der Waals surface area (Å²) in [5.41, 5.74) is 2.73. The van der Waals surface area contributed by atoms with Gasteiger partial charge in [-0.3, -0.25) is 4.79 Å². The maximum atomic E-state index is 12.5. The van der Waals surface area contributed by atoms with Gasteiger partial charge in [0.2, 0.25) is 0 Å². The van der Waals surface area contributed by atoms with Crippen LogP contribution in [0.5, 0.6) is 0 Å². The molecule has 1 aromatic carbocycles. The van der Waals surface area contributed by atoms with Crippen LogP contribution in [0, 0.1) is 6.92 Å². The maximum absolute atomic E-state index is 12.5. The van der Waals surface area contributed by atoms with Gasteiger partial charge in [-0.2, -0.15) is 5.10 Å². The summed E-state index contributed by atoms with van der Waals surface area (Å²) in [7, 11) is 0. The molecule has 4 rings (SSSR count). The highest BCUT2D eigenvalue weighted by Gasteiger charge is 2.24. The Morgan fingerprint density at radius 1 is 1.08 bits per heavy atom. The molecule has 0 spiro atoms. The first-order chi connectivity index (χ1) is 11.7. The molecular weight excluding hydrogens is 302 g/mol. The zero-order valence-corrected chi connectivity index (χ0v) is 13.6. The second-order valence-corrected chi connectivity index (χ2v) is 6.01. The molecule has 6 nitrogen and oxygen atoms in total. The van der Waals surface area contributed by atoms with Crippen molar-refractivity contribution in [1.29, 1.82) is 0 Å². The highest BCUT2D eigenvalue weighted by Crippen LogP contribution is 2.21. The number of fused-ring (bicyclic) bond motifs is 1. The van der Waals surface area contributed by atoms with Crippen LogP contribution in [-0.4, -0.2) is 51.6 Å². The van der Waals surface area contributed by atoms with E-state index >= 15 is 0 Å². The maximum Gasteiger partial charge on any atom is 0.253 e. The molecule has 0 saturated carbocycles. The normalized spacial score (nSPS) is 15.0. The molecule has 3 heterocycles. The average molecular weight is 321 g/mol. The average Bonchev–Trinajstić information content (AvgIpc) is 3.02. The van der Waals surface area contributed by atoms with Gasteiger partial charge < -0.3 is 9.80 Å². The van der Waals surface area contributed by atoms with Crippen molar-refractivity contribution in [2.24, 2.45) is 0 Å². The van der Waals surface area contributed by atoms with Crippen LogP contribution in [0.1, 0.15) is 16.1 Å². The van der Waals surface area contributed by atoms with Crippen LogP contribution in [0.15, 0.2) is 48.8 Å². The van der Waals surface area contributed by atoms with E-state index in [1.807, 2.05) is 58.9 Å². The molecule has 3 aromatic rings. The molecule has 0 atom stereocenters. The smallest absolute Gasteiger partial charge is 0.253 e. The first-order valence-electron chi connectivity index (χ1n) is 8.12. The summed E-state index contributed by atoms with van der Waals surface area (Å²) in [6, 6.07) is 11.5. The number of carbonyl (C=O) groups is 1. The van der Waals surface area contributed by atoms with E-state index in [9.17, 15) is 4.79 Å². The van der Waals surface area contributed by atoms with Crippen molar-refractivity contribution in [3.05, 3.63) is 60.0 Å². The van der Waals surface area contributed by atoms with Gasteiger partial charge in [0.1, 0.15) is 5.52 Å². The van der Waals surface area contributed by atoms with E-state index in [1.54, 1.807) is 6.20 Å². The van der Waals surface area contributed by atoms with Crippen molar-refractivity contribution in [3.63, 3.8) is 0 Å². The lowest BCUT2D eigenvalue weighted by atomic mass is 10.2. The van der Waals surface area contributed by atoms with E-state index in [0.29, 0.717) is 13.1 Å². The van der Waals surface area contributed by atoms with E-state index < -0.39 is 0 Å². The van der Waals surface area contributed by atoms with Gasteiger partial charge in [0.05, 0.1) is 5.69 Å². The number of piperazine rings is 1. The fourth-order valence-corrected chi connectivity index (χ4v) is 3.16. The Bertz CT molecular complexity index is 866. The van der Waals surface area contributed by atoms with E-state index in [2.05, 4.69) is 15.0 Å². The van der Waals surface area contributed by atoms with E-state index in [1.165, 1.54) is 0 Å². The lowest BCUT2D eigenvalue weighted by Crippen LogP contribution is -2.49. The summed E-state index contributed by atoms with van der Waals surface area (Å²) in [5.74, 6) is 1.03. The number of hydrogen-bond donors (Lipinski definition) is 0. The molecule has 122 valence electrons. The van der Waals surface area contributed by atoms with Crippen molar-refractivity contribution in [3.8, 4) is 0 Å². The van der Waals surface area contributed by atoms with Crippen LogP contribution in [0.25, 0.3) is 5.52 Å². The monoisotopic (exact) mass is 321 g/mol. The topological polar surface area (TPSA) is 53.7 Å². The highest BCUT2D eigenvalue weighted by molar-refractivity contribution is 5.94. The standard InChI is InChI=1S/C18H19N5O/c1-14-13-16-17(19-7-8-23(16)20-14)21-9-11-22(12-10-21)18(24)15-5-3-2-4-6-15/h2-8,13H,9-12H2,1H3. The quantitative estimate of drug-likeness (QED) is 0.724. The summed E-state index contributed by atoms with van der Waals surface area (Å²) in [6.07, 6.45) is 3.64. The Kier molecular flexibility index (Phi) is 3.65. The first kappa shape index (κ1) is 14.7. The SMILES string of the molecule is Cc1cc2c(N3CCN(C(=O)c4ccccc4)CC3)nccn2n1. The molecule has 0 unspecified atom stereocenters. The molecule has 1 saturated heterocycles. The largest absolute Gasteiger partial charge is 0.351 e. The second kappa shape index (κ2) is 5.96. The van der Waals surface area contributed by atoms with Crippen molar-refractivity contribution in [2.75, 3.05) is 31.1 Å². The second-order valence-electron chi connectivity index (χ2n) is 6.01. The van der Waals surface area contributed by atoms with Crippen LogP contribution >= 0.6 is 0 Å². The molecule has 6 heteroatoms. The van der Waals surface area contributed by atoms with Crippen LogP contribution < -0.4 is 4.90 Å². The molecule has 1 aliphatic heterocycles. The predicted molar refractivity (Wildman–Crippen MR) is 92.3 cm³/mol. The third kappa shape index (κ3) is 2.60. The minimum Gasteiger partial charge on any atom is -0.351 e. The summed E-state index contributed by atoms with van der Waals surface area (Å²) < 4.78 is 1.86.